The van der Waals surface area contributed by atoms with Gasteiger partial charge < -0.3 is 10.4 Å². The lowest BCUT2D eigenvalue weighted by atomic mass is 9.84. The molecule has 3 unspecified atom stereocenters. The average Bonchev–Trinajstić information content (AvgIpc) is 2.69. The van der Waals surface area contributed by atoms with Gasteiger partial charge >= 0.3 is 0 Å². The first-order valence-corrected chi connectivity index (χ1v) is 7.74. The third-order valence-electron chi connectivity index (χ3n) is 3.96. The van der Waals surface area contributed by atoms with Crippen LogP contribution in [0.3, 0.4) is 0 Å². The highest BCUT2D eigenvalue weighted by Crippen LogP contribution is 2.28. The number of aromatic nitrogens is 1. The number of nitrogens with one attached hydrogen (secondary N) is 1. The zero-order chi connectivity index (χ0) is 13.1. The van der Waals surface area contributed by atoms with Crippen molar-refractivity contribution >= 4 is 11.3 Å². The zero-order valence-corrected chi connectivity index (χ0v) is 12.4. The van der Waals surface area contributed by atoms with Gasteiger partial charge in [0.2, 0.25) is 0 Å². The van der Waals surface area contributed by atoms with E-state index in [-0.39, 0.29) is 6.04 Å². The van der Waals surface area contributed by atoms with Gasteiger partial charge in [-0.2, -0.15) is 0 Å². The van der Waals surface area contributed by atoms with Gasteiger partial charge in [0, 0.05) is 23.6 Å². The van der Waals surface area contributed by atoms with Crippen LogP contribution in [0.4, 0.5) is 0 Å². The van der Waals surface area contributed by atoms with Crippen LogP contribution < -0.4 is 5.32 Å². The Morgan fingerprint density at radius 1 is 1.39 bits per heavy atom. The van der Waals surface area contributed by atoms with Crippen LogP contribution in [0.1, 0.15) is 54.2 Å². The van der Waals surface area contributed by atoms with Crippen LogP contribution in [0.15, 0.2) is 0 Å². The highest BCUT2D eigenvalue weighted by Gasteiger charge is 2.26. The monoisotopic (exact) mass is 268 g/mol. The second kappa shape index (κ2) is 6.13. The van der Waals surface area contributed by atoms with Crippen molar-refractivity contribution in [3.8, 4) is 0 Å². The number of hydrogen-bond acceptors (Lipinski definition) is 4. The molecule has 0 spiro atoms. The Balaban J connectivity index is 2.01. The maximum atomic E-state index is 9.45. The van der Waals surface area contributed by atoms with E-state index in [4.69, 9.17) is 0 Å². The normalized spacial score (nSPS) is 26.2. The van der Waals surface area contributed by atoms with Gasteiger partial charge in [-0.3, -0.25) is 0 Å². The third kappa shape index (κ3) is 3.11. The van der Waals surface area contributed by atoms with Crippen LogP contribution in [-0.4, -0.2) is 22.7 Å². The van der Waals surface area contributed by atoms with Crippen LogP contribution >= 0.6 is 11.3 Å². The van der Waals surface area contributed by atoms with Crippen LogP contribution in [0.2, 0.25) is 0 Å². The van der Waals surface area contributed by atoms with Crippen LogP contribution in [0.5, 0.6) is 0 Å². The first-order valence-electron chi connectivity index (χ1n) is 6.92. The quantitative estimate of drug-likeness (QED) is 0.882. The predicted molar refractivity (Wildman–Crippen MR) is 76.0 cm³/mol. The maximum absolute atomic E-state index is 9.45. The van der Waals surface area contributed by atoms with E-state index in [9.17, 15) is 5.11 Å². The summed E-state index contributed by atoms with van der Waals surface area (Å²) in [5.41, 5.74) is 1.18. The number of nitrogens with zero attached hydrogens (tertiary/aromatic N) is 1. The molecule has 0 bridgehead atoms. The molecule has 4 heteroatoms. The van der Waals surface area contributed by atoms with Gasteiger partial charge in [-0.1, -0.05) is 12.8 Å². The highest BCUT2D eigenvalue weighted by molar-refractivity contribution is 7.11. The van der Waals surface area contributed by atoms with Gasteiger partial charge in [0.05, 0.1) is 10.7 Å². The molecule has 1 aliphatic rings. The van der Waals surface area contributed by atoms with E-state index in [0.717, 1.165) is 11.4 Å². The maximum Gasteiger partial charge on any atom is 0.0900 e. The van der Waals surface area contributed by atoms with Crippen molar-refractivity contribution in [2.45, 2.75) is 58.5 Å². The summed E-state index contributed by atoms with van der Waals surface area (Å²) in [6, 6.07) is 0.729. The molecule has 3 nitrogen and oxygen atoms in total. The lowest BCUT2D eigenvalue weighted by Crippen LogP contribution is -2.41. The number of thiazole rings is 1. The summed E-state index contributed by atoms with van der Waals surface area (Å²) in [7, 11) is 0. The summed E-state index contributed by atoms with van der Waals surface area (Å²) in [6.45, 7) is 6.69. The molecule has 18 heavy (non-hydrogen) atoms. The Labute approximate surface area is 114 Å². The lowest BCUT2D eigenvalue weighted by molar-refractivity contribution is 0.147. The second-order valence-corrected chi connectivity index (χ2v) is 6.80. The Morgan fingerprint density at radius 3 is 2.72 bits per heavy atom. The van der Waals surface area contributed by atoms with Crippen LogP contribution in [0.25, 0.3) is 0 Å². The van der Waals surface area contributed by atoms with E-state index in [2.05, 4.69) is 31.1 Å². The first kappa shape index (κ1) is 14.0. The molecule has 2 rings (SSSR count). The summed E-state index contributed by atoms with van der Waals surface area (Å²) in [5.74, 6) is 0.418. The molecule has 0 saturated heterocycles. The molecule has 0 aliphatic heterocycles. The van der Waals surface area contributed by atoms with Crippen LogP contribution in [0, 0.1) is 19.8 Å². The Kier molecular flexibility index (Phi) is 4.76. The number of rotatable bonds is 4. The highest BCUT2D eigenvalue weighted by atomic mass is 32.1. The fourth-order valence-corrected chi connectivity index (χ4v) is 3.91. The van der Waals surface area contributed by atoms with Gasteiger partial charge in [0.25, 0.3) is 0 Å². The topological polar surface area (TPSA) is 45.2 Å². The summed E-state index contributed by atoms with van der Waals surface area (Å²) in [4.78, 5) is 5.93. The van der Waals surface area contributed by atoms with Crippen molar-refractivity contribution in [1.29, 1.82) is 0 Å². The van der Waals surface area contributed by atoms with E-state index in [0.29, 0.717) is 18.6 Å². The van der Waals surface area contributed by atoms with Crippen molar-refractivity contribution < 1.29 is 5.11 Å². The molecule has 0 aromatic carbocycles. The van der Waals surface area contributed by atoms with Gasteiger partial charge in [-0.15, -0.1) is 11.3 Å². The molecule has 1 aromatic heterocycles. The van der Waals surface area contributed by atoms with Crippen molar-refractivity contribution in [2.75, 3.05) is 6.61 Å². The SMILES string of the molecule is Cc1nc(C(C)NC2CCCCC2CO)c(C)s1. The molecule has 102 valence electrons. The molecule has 1 aliphatic carbocycles. The van der Waals surface area contributed by atoms with Crippen molar-refractivity contribution in [3.63, 3.8) is 0 Å². The van der Waals surface area contributed by atoms with Crippen molar-refractivity contribution in [2.24, 2.45) is 5.92 Å². The van der Waals surface area contributed by atoms with Crippen molar-refractivity contribution in [1.82, 2.24) is 10.3 Å². The minimum absolute atomic E-state index is 0.284. The summed E-state index contributed by atoms with van der Waals surface area (Å²) in [5, 5.41) is 14.3. The number of aliphatic hydroxyl groups excluding tert-OH is 1. The molecule has 1 heterocycles. The van der Waals surface area contributed by atoms with E-state index >= 15 is 0 Å². The summed E-state index contributed by atoms with van der Waals surface area (Å²) < 4.78 is 0. The fraction of sp³-hybridized carbons (Fsp3) is 0.786. The Bertz CT molecular complexity index is 391. The number of aliphatic hydroxyl groups is 1. The van der Waals surface area contributed by atoms with Gasteiger partial charge in [0.1, 0.15) is 0 Å². The average molecular weight is 268 g/mol. The Hall–Kier alpha value is -0.450. The zero-order valence-electron chi connectivity index (χ0n) is 11.6. The van der Waals surface area contributed by atoms with Gasteiger partial charge in [-0.25, -0.2) is 4.98 Å². The third-order valence-corrected chi connectivity index (χ3v) is 4.86. The van der Waals surface area contributed by atoms with Crippen molar-refractivity contribution in [3.05, 3.63) is 15.6 Å². The molecule has 0 radical (unpaired) electrons. The molecule has 0 amide bonds. The molecule has 1 fully saturated rings. The molecule has 2 N–H and O–H groups in total. The summed E-state index contributed by atoms with van der Waals surface area (Å²) in [6.07, 6.45) is 4.86. The Morgan fingerprint density at radius 2 is 2.11 bits per heavy atom. The molecular weight excluding hydrogens is 244 g/mol. The molecule has 3 atom stereocenters. The number of hydrogen-bond donors (Lipinski definition) is 2. The smallest absolute Gasteiger partial charge is 0.0900 e. The molecular formula is C14H24N2OS. The fourth-order valence-electron chi connectivity index (χ4n) is 2.99. The first-order chi connectivity index (χ1) is 8.61. The molecule has 1 saturated carbocycles. The van der Waals surface area contributed by atoms with E-state index in [1.807, 2.05) is 0 Å². The minimum Gasteiger partial charge on any atom is -0.396 e. The minimum atomic E-state index is 0.284. The standard InChI is InChI=1S/C14H24N2OS/c1-9(14-10(2)18-11(3)16-14)15-13-7-5-4-6-12(13)8-17/h9,12-13,15,17H,4-8H2,1-3H3. The molecule has 1 aromatic rings. The van der Waals surface area contributed by atoms with Gasteiger partial charge in [0.15, 0.2) is 0 Å². The number of aryl methyl sites for hydroxylation is 2. The second-order valence-electron chi connectivity index (χ2n) is 5.40. The summed E-state index contributed by atoms with van der Waals surface area (Å²) >= 11 is 1.77. The van der Waals surface area contributed by atoms with E-state index in [1.165, 1.54) is 29.8 Å². The lowest BCUT2D eigenvalue weighted by Gasteiger charge is -2.33. The van der Waals surface area contributed by atoms with E-state index in [1.54, 1.807) is 11.3 Å². The van der Waals surface area contributed by atoms with Crippen LogP contribution in [-0.2, 0) is 0 Å². The predicted octanol–water partition coefficient (Wildman–Crippen LogP) is 2.96. The van der Waals surface area contributed by atoms with E-state index < -0.39 is 0 Å². The largest absolute Gasteiger partial charge is 0.396 e. The van der Waals surface area contributed by atoms with Gasteiger partial charge in [-0.05, 0) is 39.5 Å².